The Kier molecular flexibility index (Phi) is 6.57. The molecule has 5 nitrogen and oxygen atoms in total. The Morgan fingerprint density at radius 3 is 2.28 bits per heavy atom. The first-order valence-electron chi connectivity index (χ1n) is 8.92. The molecule has 0 aliphatic heterocycles. The number of anilines is 2. The lowest BCUT2D eigenvalue weighted by Crippen LogP contribution is -2.20. The fourth-order valence-electron chi connectivity index (χ4n) is 2.93. The topological polar surface area (TPSA) is 59.0 Å². The zero-order valence-corrected chi connectivity index (χ0v) is 18.5. The largest absolute Gasteiger partial charge is 0.332 e. The van der Waals surface area contributed by atoms with Crippen LogP contribution in [0, 0.1) is 13.8 Å². The molecule has 1 heterocycles. The van der Waals surface area contributed by atoms with E-state index in [-0.39, 0.29) is 5.78 Å². The van der Waals surface area contributed by atoms with Crippen LogP contribution in [-0.2, 0) is 6.54 Å². The van der Waals surface area contributed by atoms with E-state index in [0.717, 1.165) is 28.3 Å². The smallest absolute Gasteiger partial charge is 0.175 e. The molecule has 3 rings (SSSR count). The fourth-order valence-corrected chi connectivity index (χ4v) is 3.67. The number of ketones is 1. The molecule has 8 heteroatoms. The molecule has 0 bridgehead atoms. The number of thiocarbonyl (C=S) groups is 1. The van der Waals surface area contributed by atoms with Gasteiger partial charge in [0.05, 0.1) is 23.6 Å². The van der Waals surface area contributed by atoms with Gasteiger partial charge >= 0.3 is 0 Å². The number of halogens is 2. The lowest BCUT2D eigenvalue weighted by molar-refractivity contribution is 0.101. The minimum absolute atomic E-state index is 0.0227. The average molecular weight is 447 g/mol. The van der Waals surface area contributed by atoms with Crippen molar-refractivity contribution in [3.05, 3.63) is 75.0 Å². The summed E-state index contributed by atoms with van der Waals surface area (Å²) >= 11 is 18.0. The van der Waals surface area contributed by atoms with E-state index in [1.165, 1.54) is 6.92 Å². The third-order valence-electron chi connectivity index (χ3n) is 4.54. The number of hydrogen-bond donors (Lipinski definition) is 2. The van der Waals surface area contributed by atoms with Crippen LogP contribution in [0.2, 0.25) is 10.0 Å². The van der Waals surface area contributed by atoms with Gasteiger partial charge in [-0.1, -0.05) is 29.3 Å². The molecule has 29 heavy (non-hydrogen) atoms. The van der Waals surface area contributed by atoms with E-state index in [2.05, 4.69) is 15.7 Å². The predicted molar refractivity (Wildman–Crippen MR) is 124 cm³/mol. The van der Waals surface area contributed by atoms with Crippen LogP contribution in [0.4, 0.5) is 11.4 Å². The Bertz CT molecular complexity index is 1060. The van der Waals surface area contributed by atoms with Crippen LogP contribution >= 0.6 is 35.4 Å². The van der Waals surface area contributed by atoms with Crippen LogP contribution in [0.1, 0.15) is 34.2 Å². The molecule has 0 atom stereocenters. The normalized spacial score (nSPS) is 10.7. The van der Waals surface area contributed by atoms with Crippen molar-refractivity contribution in [1.29, 1.82) is 0 Å². The molecule has 2 N–H and O–H groups in total. The summed E-state index contributed by atoms with van der Waals surface area (Å²) in [7, 11) is 0. The summed E-state index contributed by atoms with van der Waals surface area (Å²) in [6.07, 6.45) is 0. The molecule has 0 aliphatic rings. The molecule has 1 aromatic heterocycles. The Balaban J connectivity index is 1.74. The highest BCUT2D eigenvalue weighted by atomic mass is 35.5. The number of aromatic nitrogens is 2. The van der Waals surface area contributed by atoms with E-state index in [4.69, 9.17) is 35.4 Å². The van der Waals surface area contributed by atoms with Crippen molar-refractivity contribution < 1.29 is 4.79 Å². The number of rotatable bonds is 5. The number of nitrogens with zero attached hydrogens (tertiary/aromatic N) is 2. The van der Waals surface area contributed by atoms with E-state index >= 15 is 0 Å². The van der Waals surface area contributed by atoms with Crippen molar-refractivity contribution in [2.45, 2.75) is 27.3 Å². The van der Waals surface area contributed by atoms with E-state index < -0.39 is 0 Å². The molecule has 0 saturated carbocycles. The van der Waals surface area contributed by atoms with Gasteiger partial charge in [0.2, 0.25) is 0 Å². The molecule has 0 spiro atoms. The number of carbonyl (C=O) groups is 1. The van der Waals surface area contributed by atoms with Crippen LogP contribution in [0.3, 0.4) is 0 Å². The minimum atomic E-state index is 0.0227. The van der Waals surface area contributed by atoms with Crippen molar-refractivity contribution in [3.8, 4) is 0 Å². The van der Waals surface area contributed by atoms with Crippen LogP contribution < -0.4 is 10.6 Å². The van der Waals surface area contributed by atoms with Gasteiger partial charge in [-0.15, -0.1) is 0 Å². The Labute approximate surface area is 185 Å². The number of nitrogens with one attached hydrogen (secondary N) is 2. The average Bonchev–Trinajstić information content (AvgIpc) is 2.92. The van der Waals surface area contributed by atoms with Gasteiger partial charge in [-0.2, -0.15) is 5.10 Å². The van der Waals surface area contributed by atoms with Crippen molar-refractivity contribution in [2.75, 3.05) is 10.6 Å². The van der Waals surface area contributed by atoms with Gasteiger partial charge in [0.15, 0.2) is 10.9 Å². The first-order valence-corrected chi connectivity index (χ1v) is 10.1. The number of aryl methyl sites for hydroxylation is 1. The summed E-state index contributed by atoms with van der Waals surface area (Å²) in [6.45, 7) is 5.86. The number of benzene rings is 2. The van der Waals surface area contributed by atoms with Gasteiger partial charge in [-0.05, 0) is 69.4 Å². The highest BCUT2D eigenvalue weighted by Gasteiger charge is 2.15. The quantitative estimate of drug-likeness (QED) is 0.379. The third-order valence-corrected chi connectivity index (χ3v) is 5.45. The van der Waals surface area contributed by atoms with Crippen LogP contribution in [0.25, 0.3) is 0 Å². The minimum Gasteiger partial charge on any atom is -0.332 e. The summed E-state index contributed by atoms with van der Waals surface area (Å²) in [5, 5.41) is 12.6. The maximum absolute atomic E-state index is 11.4. The molecule has 2 aromatic carbocycles. The fraction of sp³-hybridized carbons (Fsp3) is 0.190. The molecule has 0 radical (unpaired) electrons. The number of Topliss-reactive ketones (excluding diaryl/α,β-unsaturated/α-hetero) is 1. The van der Waals surface area contributed by atoms with Gasteiger partial charge in [0, 0.05) is 26.9 Å². The van der Waals surface area contributed by atoms with Gasteiger partial charge in [-0.3, -0.25) is 9.48 Å². The molecule has 150 valence electrons. The van der Waals surface area contributed by atoms with Crippen LogP contribution in [0.5, 0.6) is 0 Å². The third kappa shape index (κ3) is 4.96. The van der Waals surface area contributed by atoms with Gasteiger partial charge < -0.3 is 10.6 Å². The summed E-state index contributed by atoms with van der Waals surface area (Å²) < 4.78 is 1.84. The standard InChI is InChI=1S/C21H20Cl2N4OS/c1-12-20(25-21(29)24-16-9-7-15(8-10-16)14(3)28)13(2)27(26-12)11-17-18(22)5-4-6-19(17)23/h4-10H,11H2,1-3H3,(H2,24,25,29). The Hall–Kier alpha value is -2.41. The molecule has 3 aromatic rings. The van der Waals surface area contributed by atoms with Crippen molar-refractivity contribution in [3.63, 3.8) is 0 Å². The molecule has 0 fully saturated rings. The van der Waals surface area contributed by atoms with Gasteiger partial charge in [0.25, 0.3) is 0 Å². The molecule has 0 aliphatic carbocycles. The van der Waals surface area contributed by atoms with E-state index in [0.29, 0.717) is 27.3 Å². The maximum atomic E-state index is 11.4. The second kappa shape index (κ2) is 8.95. The van der Waals surface area contributed by atoms with Crippen molar-refractivity contribution in [2.24, 2.45) is 0 Å². The summed E-state index contributed by atoms with van der Waals surface area (Å²) in [5.74, 6) is 0.0227. The highest BCUT2D eigenvalue weighted by Crippen LogP contribution is 2.27. The summed E-state index contributed by atoms with van der Waals surface area (Å²) in [5.41, 5.74) is 4.81. The number of carbonyl (C=O) groups excluding carboxylic acids is 1. The van der Waals surface area contributed by atoms with Gasteiger partial charge in [-0.25, -0.2) is 0 Å². The highest BCUT2D eigenvalue weighted by molar-refractivity contribution is 7.80. The SMILES string of the molecule is CC(=O)c1ccc(NC(=S)Nc2c(C)nn(Cc3c(Cl)cccc3Cl)c2C)cc1. The molecular weight excluding hydrogens is 427 g/mol. The van der Waals surface area contributed by atoms with Crippen molar-refractivity contribution in [1.82, 2.24) is 9.78 Å². The Morgan fingerprint density at radius 1 is 1.07 bits per heavy atom. The summed E-state index contributed by atoms with van der Waals surface area (Å²) in [6, 6.07) is 12.6. The predicted octanol–water partition coefficient (Wildman–Crippen LogP) is 5.87. The first kappa shape index (κ1) is 21.3. The summed E-state index contributed by atoms with van der Waals surface area (Å²) in [4.78, 5) is 11.4. The zero-order valence-electron chi connectivity index (χ0n) is 16.2. The van der Waals surface area contributed by atoms with Crippen molar-refractivity contribution >= 4 is 57.7 Å². The molecule has 0 unspecified atom stereocenters. The van der Waals surface area contributed by atoms with E-state index in [9.17, 15) is 4.79 Å². The van der Waals surface area contributed by atoms with E-state index in [1.807, 2.05) is 48.9 Å². The lowest BCUT2D eigenvalue weighted by Gasteiger charge is -2.12. The molecule has 0 amide bonds. The van der Waals surface area contributed by atoms with Gasteiger partial charge in [0.1, 0.15) is 0 Å². The monoisotopic (exact) mass is 446 g/mol. The molecule has 0 saturated heterocycles. The van der Waals surface area contributed by atoms with E-state index in [1.54, 1.807) is 12.1 Å². The zero-order chi connectivity index (χ0) is 21.1. The van der Waals surface area contributed by atoms with Crippen LogP contribution in [0.15, 0.2) is 42.5 Å². The van der Waals surface area contributed by atoms with Crippen LogP contribution in [-0.4, -0.2) is 20.7 Å². The Morgan fingerprint density at radius 2 is 1.69 bits per heavy atom. The maximum Gasteiger partial charge on any atom is 0.175 e. The second-order valence-electron chi connectivity index (χ2n) is 6.62. The first-order chi connectivity index (χ1) is 13.8. The molecular formula is C21H20Cl2N4OS. The second-order valence-corrected chi connectivity index (χ2v) is 7.84. The number of hydrogen-bond acceptors (Lipinski definition) is 3. The lowest BCUT2D eigenvalue weighted by atomic mass is 10.1.